The molecule has 19 heavy (non-hydrogen) atoms. The van der Waals surface area contributed by atoms with E-state index in [4.69, 9.17) is 10.6 Å². The van der Waals surface area contributed by atoms with Crippen LogP contribution < -0.4 is 5.73 Å². The van der Waals surface area contributed by atoms with Crippen LogP contribution in [0, 0.1) is 0 Å². The van der Waals surface area contributed by atoms with E-state index >= 15 is 0 Å². The van der Waals surface area contributed by atoms with Crippen molar-refractivity contribution in [1.82, 2.24) is 0 Å². The minimum atomic E-state index is -0.612. The highest BCUT2D eigenvalue weighted by molar-refractivity contribution is 6.44. The van der Waals surface area contributed by atoms with Crippen LogP contribution in [0.3, 0.4) is 0 Å². The molecule has 2 rings (SSSR count). The van der Waals surface area contributed by atoms with Crippen LogP contribution in [0.15, 0.2) is 65.8 Å². The van der Waals surface area contributed by atoms with Gasteiger partial charge in [-0.15, -0.1) is 0 Å². The Hall–Kier alpha value is -2.62. The predicted octanol–water partition coefficient (Wildman–Crippen LogP) is 2.09. The summed E-state index contributed by atoms with van der Waals surface area (Å²) in [5.41, 5.74) is 7.04. The summed E-state index contributed by atoms with van der Waals surface area (Å²) in [7, 11) is 0. The number of nitrogens with zero attached hydrogens (tertiary/aromatic N) is 1. The molecule has 0 saturated heterocycles. The number of oxime groups is 1. The van der Waals surface area contributed by atoms with Gasteiger partial charge in [0.15, 0.2) is 5.71 Å². The molecule has 2 N–H and O–H groups in total. The normalized spacial score (nSPS) is 11.1. The Bertz CT molecular complexity index is 565. The average molecular weight is 254 g/mol. The quantitative estimate of drug-likeness (QED) is 0.656. The monoisotopic (exact) mass is 254 g/mol. The molecule has 2 aromatic carbocycles. The summed E-state index contributed by atoms with van der Waals surface area (Å²) in [6, 6.07) is 18.6. The lowest BCUT2D eigenvalue weighted by Crippen LogP contribution is -2.24. The lowest BCUT2D eigenvalue weighted by atomic mass is 10.1. The largest absolute Gasteiger partial charge is 0.390 e. The second-order valence-corrected chi connectivity index (χ2v) is 3.93. The van der Waals surface area contributed by atoms with E-state index in [0.29, 0.717) is 12.2 Å². The van der Waals surface area contributed by atoms with Crippen molar-refractivity contribution in [1.29, 1.82) is 0 Å². The number of primary amides is 1. The first-order valence-corrected chi connectivity index (χ1v) is 5.86. The van der Waals surface area contributed by atoms with Crippen molar-refractivity contribution in [3.8, 4) is 0 Å². The first-order chi connectivity index (χ1) is 9.27. The number of hydrogen-bond donors (Lipinski definition) is 1. The Morgan fingerprint density at radius 1 is 1.00 bits per heavy atom. The molecular formula is C15H14N2O2. The van der Waals surface area contributed by atoms with Crippen molar-refractivity contribution in [2.45, 2.75) is 6.61 Å². The zero-order valence-electron chi connectivity index (χ0n) is 10.3. The van der Waals surface area contributed by atoms with Crippen molar-refractivity contribution >= 4 is 11.6 Å². The molecule has 0 heterocycles. The minimum Gasteiger partial charge on any atom is -0.390 e. The summed E-state index contributed by atoms with van der Waals surface area (Å²) >= 11 is 0. The molecule has 0 bridgehead atoms. The van der Waals surface area contributed by atoms with Crippen LogP contribution in [0.25, 0.3) is 0 Å². The zero-order chi connectivity index (χ0) is 13.5. The Balaban J connectivity index is 2.08. The minimum absolute atomic E-state index is 0.122. The SMILES string of the molecule is NC(=O)/C(=N/OCc1ccccc1)c1ccccc1. The topological polar surface area (TPSA) is 64.7 Å². The highest BCUT2D eigenvalue weighted by atomic mass is 16.6. The molecule has 4 nitrogen and oxygen atoms in total. The van der Waals surface area contributed by atoms with E-state index < -0.39 is 5.91 Å². The molecule has 0 fully saturated rings. The average Bonchev–Trinajstić information content (AvgIpc) is 2.45. The van der Waals surface area contributed by atoms with Gasteiger partial charge in [0, 0.05) is 5.56 Å². The summed E-state index contributed by atoms with van der Waals surface area (Å²) in [5.74, 6) is -0.612. The molecule has 0 spiro atoms. The summed E-state index contributed by atoms with van der Waals surface area (Å²) in [4.78, 5) is 16.5. The fraction of sp³-hybridized carbons (Fsp3) is 0.0667. The van der Waals surface area contributed by atoms with Gasteiger partial charge in [-0.05, 0) is 5.56 Å². The first-order valence-electron chi connectivity index (χ1n) is 5.86. The van der Waals surface area contributed by atoms with Gasteiger partial charge in [-0.2, -0.15) is 0 Å². The Labute approximate surface area is 111 Å². The molecule has 0 saturated carbocycles. The molecule has 1 amide bonds. The van der Waals surface area contributed by atoms with Gasteiger partial charge in [0.25, 0.3) is 5.91 Å². The van der Waals surface area contributed by atoms with Gasteiger partial charge in [-0.25, -0.2) is 0 Å². The van der Waals surface area contributed by atoms with Crippen molar-refractivity contribution in [2.75, 3.05) is 0 Å². The number of benzene rings is 2. The Morgan fingerprint density at radius 3 is 2.16 bits per heavy atom. The van der Waals surface area contributed by atoms with E-state index in [-0.39, 0.29) is 5.71 Å². The van der Waals surface area contributed by atoms with Gasteiger partial charge in [0.1, 0.15) is 6.61 Å². The van der Waals surface area contributed by atoms with E-state index in [0.717, 1.165) is 5.56 Å². The van der Waals surface area contributed by atoms with Crippen LogP contribution in [0.4, 0.5) is 0 Å². The van der Waals surface area contributed by atoms with Gasteiger partial charge in [-0.3, -0.25) is 4.79 Å². The molecule has 4 heteroatoms. The highest BCUT2D eigenvalue weighted by Gasteiger charge is 2.10. The Kier molecular flexibility index (Phi) is 4.29. The fourth-order valence-electron chi connectivity index (χ4n) is 1.58. The maximum Gasteiger partial charge on any atom is 0.271 e. The predicted molar refractivity (Wildman–Crippen MR) is 73.4 cm³/mol. The number of hydrogen-bond acceptors (Lipinski definition) is 3. The van der Waals surface area contributed by atoms with E-state index in [1.165, 1.54) is 0 Å². The maximum absolute atomic E-state index is 11.4. The summed E-state index contributed by atoms with van der Waals surface area (Å²) < 4.78 is 0. The number of carbonyl (C=O) groups excluding carboxylic acids is 1. The van der Waals surface area contributed by atoms with Gasteiger partial charge in [-0.1, -0.05) is 65.8 Å². The van der Waals surface area contributed by atoms with Crippen molar-refractivity contribution < 1.29 is 9.63 Å². The zero-order valence-corrected chi connectivity index (χ0v) is 10.3. The second kappa shape index (κ2) is 6.35. The summed E-state index contributed by atoms with van der Waals surface area (Å²) in [6.07, 6.45) is 0. The van der Waals surface area contributed by atoms with Gasteiger partial charge >= 0.3 is 0 Å². The molecule has 0 aliphatic carbocycles. The van der Waals surface area contributed by atoms with E-state index in [9.17, 15) is 4.79 Å². The highest BCUT2D eigenvalue weighted by Crippen LogP contribution is 2.04. The fourth-order valence-corrected chi connectivity index (χ4v) is 1.58. The van der Waals surface area contributed by atoms with Crippen molar-refractivity contribution in [2.24, 2.45) is 10.9 Å². The van der Waals surface area contributed by atoms with Crippen molar-refractivity contribution in [3.05, 3.63) is 71.8 Å². The number of carbonyl (C=O) groups is 1. The van der Waals surface area contributed by atoms with Crippen LogP contribution in [0.2, 0.25) is 0 Å². The first kappa shape index (κ1) is 12.8. The summed E-state index contributed by atoms with van der Waals surface area (Å²) in [6.45, 7) is 0.296. The third kappa shape index (κ3) is 3.67. The lowest BCUT2D eigenvalue weighted by Gasteiger charge is -2.03. The molecule has 0 aliphatic heterocycles. The molecule has 0 atom stereocenters. The van der Waals surface area contributed by atoms with Crippen LogP contribution in [0.1, 0.15) is 11.1 Å². The van der Waals surface area contributed by atoms with Crippen LogP contribution in [0.5, 0.6) is 0 Å². The number of amides is 1. The standard InChI is InChI=1S/C15H14N2O2/c16-15(18)14(13-9-5-2-6-10-13)17-19-11-12-7-3-1-4-8-12/h1-10H,11H2,(H2,16,18)/b17-14+. The molecule has 0 radical (unpaired) electrons. The molecule has 0 aliphatic rings. The molecule has 0 unspecified atom stereocenters. The lowest BCUT2D eigenvalue weighted by molar-refractivity contribution is -0.112. The van der Waals surface area contributed by atoms with Gasteiger partial charge in [0.05, 0.1) is 0 Å². The van der Waals surface area contributed by atoms with Gasteiger partial charge < -0.3 is 10.6 Å². The number of nitrogens with two attached hydrogens (primary N) is 1. The van der Waals surface area contributed by atoms with Crippen LogP contribution in [-0.4, -0.2) is 11.6 Å². The van der Waals surface area contributed by atoms with E-state index in [1.807, 2.05) is 48.5 Å². The Morgan fingerprint density at radius 2 is 1.58 bits per heavy atom. The molecule has 2 aromatic rings. The molecular weight excluding hydrogens is 240 g/mol. The third-order valence-electron chi connectivity index (χ3n) is 2.51. The van der Waals surface area contributed by atoms with Crippen molar-refractivity contribution in [3.63, 3.8) is 0 Å². The maximum atomic E-state index is 11.4. The summed E-state index contributed by atoms with van der Waals surface area (Å²) in [5, 5.41) is 3.83. The molecule has 96 valence electrons. The molecule has 0 aromatic heterocycles. The second-order valence-electron chi connectivity index (χ2n) is 3.93. The van der Waals surface area contributed by atoms with Crippen LogP contribution in [-0.2, 0) is 16.2 Å². The smallest absolute Gasteiger partial charge is 0.271 e. The van der Waals surface area contributed by atoms with E-state index in [1.54, 1.807) is 12.1 Å². The van der Waals surface area contributed by atoms with E-state index in [2.05, 4.69) is 5.16 Å². The third-order valence-corrected chi connectivity index (χ3v) is 2.51. The number of rotatable bonds is 5. The van der Waals surface area contributed by atoms with Crippen LogP contribution >= 0.6 is 0 Å². The van der Waals surface area contributed by atoms with Gasteiger partial charge in [0.2, 0.25) is 0 Å².